The van der Waals surface area contributed by atoms with Gasteiger partial charge >= 0.3 is 0 Å². The molecule has 0 aliphatic rings. The van der Waals surface area contributed by atoms with Gasteiger partial charge in [0, 0.05) is 14.5 Å². The summed E-state index contributed by atoms with van der Waals surface area (Å²) in [5, 5.41) is 6.76. The molecule has 0 saturated carbocycles. The van der Waals surface area contributed by atoms with Gasteiger partial charge in [0.05, 0.1) is 6.04 Å². The van der Waals surface area contributed by atoms with Crippen molar-refractivity contribution in [3.05, 3.63) is 56.8 Å². The van der Waals surface area contributed by atoms with Crippen LogP contribution in [0, 0.1) is 12.7 Å². The first kappa shape index (κ1) is 14.7. The maximum Gasteiger partial charge on any atom is 0.123 e. The van der Waals surface area contributed by atoms with E-state index >= 15 is 0 Å². The molecular weight excluding hydrogens is 301 g/mol. The van der Waals surface area contributed by atoms with Crippen molar-refractivity contribution >= 4 is 32.8 Å². The van der Waals surface area contributed by atoms with E-state index in [0.717, 1.165) is 23.1 Å². The zero-order valence-electron chi connectivity index (χ0n) is 12.2. The van der Waals surface area contributed by atoms with Gasteiger partial charge in [0.15, 0.2) is 0 Å². The van der Waals surface area contributed by atoms with Gasteiger partial charge in [-0.15, -0.1) is 22.7 Å². The van der Waals surface area contributed by atoms with Crippen LogP contribution in [0.4, 0.5) is 4.39 Å². The normalized spacial score (nSPS) is 12.9. The number of aryl methyl sites for hydroxylation is 1. The van der Waals surface area contributed by atoms with E-state index < -0.39 is 0 Å². The molecule has 3 aromatic rings. The zero-order chi connectivity index (χ0) is 14.8. The van der Waals surface area contributed by atoms with Gasteiger partial charge in [-0.2, -0.15) is 0 Å². The summed E-state index contributed by atoms with van der Waals surface area (Å²) in [6.07, 6.45) is 1.10. The van der Waals surface area contributed by atoms with Crippen LogP contribution in [-0.4, -0.2) is 6.54 Å². The average Bonchev–Trinajstić information content (AvgIpc) is 3.06. The minimum Gasteiger partial charge on any atom is -0.305 e. The summed E-state index contributed by atoms with van der Waals surface area (Å²) in [5.74, 6) is -0.169. The van der Waals surface area contributed by atoms with Crippen LogP contribution in [0.5, 0.6) is 0 Å². The second-order valence-corrected chi connectivity index (χ2v) is 7.25. The molecule has 0 aliphatic heterocycles. The van der Waals surface area contributed by atoms with Gasteiger partial charge in [-0.3, -0.25) is 0 Å². The van der Waals surface area contributed by atoms with E-state index in [4.69, 9.17) is 0 Å². The molecule has 0 saturated heterocycles. The third-order valence-electron chi connectivity index (χ3n) is 3.54. The lowest BCUT2D eigenvalue weighted by atomic mass is 10.1. The summed E-state index contributed by atoms with van der Waals surface area (Å²) in [4.78, 5) is 2.62. The summed E-state index contributed by atoms with van der Waals surface area (Å²) >= 11 is 3.54. The largest absolute Gasteiger partial charge is 0.305 e. The SMILES string of the molecule is CCCNC(c1cc2cc(F)ccc2s1)c1sccc1C. The number of thiophene rings is 2. The first-order valence-electron chi connectivity index (χ1n) is 7.15. The average molecular weight is 319 g/mol. The van der Waals surface area contributed by atoms with Crippen molar-refractivity contribution in [1.29, 1.82) is 0 Å². The molecule has 0 spiro atoms. The standard InChI is InChI=1S/C17H18FNS2/c1-3-7-19-16(17-11(2)6-8-20-17)15-10-12-9-13(18)4-5-14(12)21-15/h4-6,8-10,16,19H,3,7H2,1-2H3. The predicted molar refractivity (Wildman–Crippen MR) is 91.0 cm³/mol. The molecule has 1 unspecified atom stereocenters. The molecule has 1 N–H and O–H groups in total. The van der Waals surface area contributed by atoms with Crippen LogP contribution in [0.2, 0.25) is 0 Å². The van der Waals surface area contributed by atoms with Crippen molar-refractivity contribution in [2.75, 3.05) is 6.54 Å². The first-order valence-corrected chi connectivity index (χ1v) is 8.85. The van der Waals surface area contributed by atoms with Crippen LogP contribution in [-0.2, 0) is 0 Å². The first-order chi connectivity index (χ1) is 10.2. The van der Waals surface area contributed by atoms with E-state index in [-0.39, 0.29) is 11.9 Å². The molecule has 21 heavy (non-hydrogen) atoms. The van der Waals surface area contributed by atoms with Crippen molar-refractivity contribution in [2.24, 2.45) is 0 Å². The quantitative estimate of drug-likeness (QED) is 0.655. The highest BCUT2D eigenvalue weighted by atomic mass is 32.1. The van der Waals surface area contributed by atoms with Gasteiger partial charge in [-0.25, -0.2) is 4.39 Å². The predicted octanol–water partition coefficient (Wildman–Crippen LogP) is 5.50. The Kier molecular flexibility index (Phi) is 4.38. The van der Waals surface area contributed by atoms with Gasteiger partial charge in [0.1, 0.15) is 5.82 Å². The van der Waals surface area contributed by atoms with E-state index in [2.05, 4.69) is 36.7 Å². The highest BCUT2D eigenvalue weighted by Gasteiger charge is 2.19. The van der Waals surface area contributed by atoms with Crippen molar-refractivity contribution in [2.45, 2.75) is 26.3 Å². The second-order valence-electron chi connectivity index (χ2n) is 5.19. The third-order valence-corrected chi connectivity index (χ3v) is 5.81. The van der Waals surface area contributed by atoms with E-state index in [1.165, 1.54) is 21.4 Å². The fourth-order valence-corrected chi connectivity index (χ4v) is 4.69. The summed E-state index contributed by atoms with van der Waals surface area (Å²) < 4.78 is 14.5. The highest BCUT2D eigenvalue weighted by Crippen LogP contribution is 2.36. The molecule has 0 radical (unpaired) electrons. The molecule has 4 heteroatoms. The zero-order valence-corrected chi connectivity index (χ0v) is 13.8. The summed E-state index contributed by atoms with van der Waals surface area (Å²) in [5.41, 5.74) is 1.32. The Balaban J connectivity index is 2.03. The number of rotatable bonds is 5. The van der Waals surface area contributed by atoms with Crippen molar-refractivity contribution in [3.8, 4) is 0 Å². The third kappa shape index (κ3) is 3.03. The number of hydrogen-bond acceptors (Lipinski definition) is 3. The van der Waals surface area contributed by atoms with Crippen LogP contribution >= 0.6 is 22.7 Å². The Bertz CT molecular complexity index is 744. The van der Waals surface area contributed by atoms with Gasteiger partial charge in [-0.05, 0) is 66.6 Å². The molecule has 3 rings (SSSR count). The van der Waals surface area contributed by atoms with Crippen LogP contribution in [0.3, 0.4) is 0 Å². The van der Waals surface area contributed by atoms with Crippen molar-refractivity contribution < 1.29 is 4.39 Å². The molecule has 0 aliphatic carbocycles. The lowest BCUT2D eigenvalue weighted by Gasteiger charge is -2.16. The van der Waals surface area contributed by atoms with Crippen LogP contribution < -0.4 is 5.32 Å². The topological polar surface area (TPSA) is 12.0 Å². The molecule has 110 valence electrons. The lowest BCUT2D eigenvalue weighted by molar-refractivity contribution is 0.611. The molecule has 2 heterocycles. The smallest absolute Gasteiger partial charge is 0.123 e. The highest BCUT2D eigenvalue weighted by molar-refractivity contribution is 7.19. The van der Waals surface area contributed by atoms with E-state index in [1.807, 2.05) is 6.07 Å². The summed E-state index contributed by atoms with van der Waals surface area (Å²) in [7, 11) is 0. The van der Waals surface area contributed by atoms with Gasteiger partial charge in [0.25, 0.3) is 0 Å². The van der Waals surface area contributed by atoms with Crippen LogP contribution in [0.25, 0.3) is 10.1 Å². The van der Waals surface area contributed by atoms with Crippen LogP contribution in [0.1, 0.15) is 34.7 Å². The molecule has 2 aromatic heterocycles. The molecular formula is C17H18FNS2. The molecule has 0 bridgehead atoms. The molecule has 0 amide bonds. The maximum atomic E-state index is 13.4. The monoisotopic (exact) mass is 319 g/mol. The molecule has 1 aromatic carbocycles. The maximum absolute atomic E-state index is 13.4. The van der Waals surface area contributed by atoms with Gasteiger partial charge < -0.3 is 5.32 Å². The van der Waals surface area contributed by atoms with E-state index in [9.17, 15) is 4.39 Å². The Morgan fingerprint density at radius 3 is 2.81 bits per heavy atom. The van der Waals surface area contributed by atoms with E-state index in [0.29, 0.717) is 0 Å². The summed E-state index contributed by atoms with van der Waals surface area (Å²) in [6, 6.07) is 9.52. The number of benzene rings is 1. The van der Waals surface area contributed by atoms with Gasteiger partial charge in [0.2, 0.25) is 0 Å². The lowest BCUT2D eigenvalue weighted by Crippen LogP contribution is -2.22. The fraction of sp³-hybridized carbons (Fsp3) is 0.294. The van der Waals surface area contributed by atoms with Crippen LogP contribution in [0.15, 0.2) is 35.7 Å². The Hall–Kier alpha value is -1.23. The number of hydrogen-bond donors (Lipinski definition) is 1. The Morgan fingerprint density at radius 2 is 2.10 bits per heavy atom. The number of halogens is 1. The minimum atomic E-state index is -0.169. The molecule has 1 atom stereocenters. The Labute approximate surface area is 132 Å². The minimum absolute atomic E-state index is 0.169. The van der Waals surface area contributed by atoms with E-state index in [1.54, 1.807) is 28.7 Å². The second kappa shape index (κ2) is 6.26. The summed E-state index contributed by atoms with van der Waals surface area (Å²) in [6.45, 7) is 5.30. The van der Waals surface area contributed by atoms with Crippen molar-refractivity contribution in [1.82, 2.24) is 5.32 Å². The molecule has 0 fully saturated rings. The van der Waals surface area contributed by atoms with Crippen molar-refractivity contribution in [3.63, 3.8) is 0 Å². The number of nitrogens with one attached hydrogen (secondary N) is 1. The van der Waals surface area contributed by atoms with Gasteiger partial charge in [-0.1, -0.05) is 6.92 Å². The Morgan fingerprint density at radius 1 is 1.24 bits per heavy atom. The fourth-order valence-electron chi connectivity index (χ4n) is 2.47. The number of fused-ring (bicyclic) bond motifs is 1. The molecule has 1 nitrogen and oxygen atoms in total.